The number of halogens is 12. The molecule has 0 unspecified atom stereocenters. The molecule has 0 N–H and O–H groups in total. The molecule has 116 valence electrons. The Kier molecular flexibility index (Phi) is 2.00. The molecular weight excluding hydrogens is 388 g/mol. The normalized spacial score (nSPS) is 49.8. The highest BCUT2D eigenvalue weighted by atomic mass is 31.1. The molecule has 0 aromatic carbocycles. The van der Waals surface area contributed by atoms with Crippen LogP contribution in [0.25, 0.3) is 0 Å². The van der Waals surface area contributed by atoms with Crippen molar-refractivity contribution in [3.8, 4) is 0 Å². The van der Waals surface area contributed by atoms with Crippen molar-refractivity contribution >= 4 is 26.5 Å². The first kappa shape index (κ1) is 14.9. The Labute approximate surface area is 103 Å². The SMILES string of the molecule is FC(F)(F)[Si]12[Si]3(C(F)(F)F)[Si]1(C(F)(F)F)[Si]23C(F)(F)F. The third-order valence-electron chi connectivity index (χ3n) is 4.83. The summed E-state index contributed by atoms with van der Waals surface area (Å²) < 4.78 is 152. The van der Waals surface area contributed by atoms with Gasteiger partial charge in [-0.2, -0.15) is 52.7 Å². The number of hydrogen-bond donors (Lipinski definition) is 0. The molecule has 0 aromatic heterocycles. The standard InChI is InChI=1S/C4F12Si4/c5-1(6,7)17-18(2(8,9)10)19(17,3(11,12)13)20(17,18)4(14,15)16. The molecule has 0 bridgehead atoms. The summed E-state index contributed by atoms with van der Waals surface area (Å²) in [5, 5.41) is 0. The molecule has 4 saturated heterocycles. The highest BCUT2D eigenvalue weighted by Crippen LogP contribution is 3.09. The van der Waals surface area contributed by atoms with Crippen molar-refractivity contribution in [3.63, 3.8) is 0 Å². The summed E-state index contributed by atoms with van der Waals surface area (Å²) in [6.45, 7) is -24.7. The van der Waals surface area contributed by atoms with Crippen LogP contribution in [-0.2, 0) is 0 Å². The van der Waals surface area contributed by atoms with E-state index in [0.29, 0.717) is 0 Å². The summed E-state index contributed by atoms with van der Waals surface area (Å²) in [7, 11) is 0. The molecule has 0 aromatic rings. The van der Waals surface area contributed by atoms with Crippen LogP contribution >= 0.6 is 0 Å². The van der Waals surface area contributed by atoms with E-state index in [9.17, 15) is 52.7 Å². The number of rotatable bonds is 0. The second-order valence-corrected chi connectivity index (χ2v) is 58.3. The van der Waals surface area contributed by atoms with Gasteiger partial charge in [0.05, 0.1) is 0 Å². The first-order valence-electron chi connectivity index (χ1n) is 4.77. The van der Waals surface area contributed by atoms with E-state index in [-0.39, 0.29) is 0 Å². The molecule has 20 heavy (non-hydrogen) atoms. The fourth-order valence-electron chi connectivity index (χ4n) is 4.61. The van der Waals surface area contributed by atoms with E-state index >= 15 is 0 Å². The highest BCUT2D eigenvalue weighted by molar-refractivity contribution is 8.93. The highest BCUT2D eigenvalue weighted by Gasteiger charge is 3.60. The van der Waals surface area contributed by atoms with Gasteiger partial charge >= 0.3 is 23.2 Å². The summed E-state index contributed by atoms with van der Waals surface area (Å²) in [5.74, 6) is -23.7. The van der Waals surface area contributed by atoms with Gasteiger partial charge in [-0.15, -0.1) is 0 Å². The lowest BCUT2D eigenvalue weighted by atomic mass is 11.5. The van der Waals surface area contributed by atoms with Crippen LogP contribution < -0.4 is 0 Å². The van der Waals surface area contributed by atoms with Crippen LogP contribution in [0.1, 0.15) is 0 Å². The van der Waals surface area contributed by atoms with E-state index in [1.165, 1.54) is 0 Å². The molecule has 0 spiro atoms. The summed E-state index contributed by atoms with van der Waals surface area (Å²) in [6, 6.07) is 0. The first-order chi connectivity index (χ1) is 8.50. The van der Waals surface area contributed by atoms with Gasteiger partial charge in [0.1, 0.15) is 0 Å². The number of hydrogen-bond acceptors (Lipinski definition) is 0. The zero-order valence-corrected chi connectivity index (χ0v) is 12.5. The van der Waals surface area contributed by atoms with Crippen molar-refractivity contribution in [3.05, 3.63) is 0 Å². The lowest BCUT2D eigenvalue weighted by Crippen LogP contribution is -2.34. The van der Waals surface area contributed by atoms with Crippen LogP contribution in [-0.4, -0.2) is 49.7 Å². The lowest BCUT2D eigenvalue weighted by molar-refractivity contribution is -0.0547. The molecule has 4 rings (SSSR count). The van der Waals surface area contributed by atoms with Crippen LogP contribution in [0.4, 0.5) is 52.7 Å². The van der Waals surface area contributed by atoms with Gasteiger partial charge in [-0.3, -0.25) is 0 Å². The Hall–Kier alpha value is 0.0275. The van der Waals surface area contributed by atoms with Crippen molar-refractivity contribution in [2.75, 3.05) is 0 Å². The average Bonchev–Trinajstić information content (AvgIpc) is 2.93. The van der Waals surface area contributed by atoms with Crippen LogP contribution in [0, 0.1) is 0 Å². The van der Waals surface area contributed by atoms with Crippen molar-refractivity contribution in [2.45, 2.75) is 23.2 Å². The maximum Gasteiger partial charge on any atom is 0.354 e. The van der Waals surface area contributed by atoms with Gasteiger partial charge < -0.3 is 0 Å². The van der Waals surface area contributed by atoms with Gasteiger partial charge in [-0.25, -0.2) is 0 Å². The van der Waals surface area contributed by atoms with Crippen molar-refractivity contribution in [1.29, 1.82) is 0 Å². The van der Waals surface area contributed by atoms with Crippen LogP contribution in [0.5, 0.6) is 0 Å². The predicted octanol–water partition coefficient (Wildman–Crippen LogP) is 2.70. The van der Waals surface area contributed by atoms with E-state index in [1.807, 2.05) is 0 Å². The minimum atomic E-state index is -6.17. The molecule has 16 heteroatoms. The maximum absolute atomic E-state index is 12.7. The molecule has 4 aliphatic rings. The molecule has 0 nitrogen and oxygen atoms in total. The van der Waals surface area contributed by atoms with Crippen LogP contribution in [0.15, 0.2) is 0 Å². The van der Waals surface area contributed by atoms with Gasteiger partial charge in [-0.05, 0) is 0 Å². The monoisotopic (exact) mass is 388 g/mol. The molecule has 0 atom stereocenters. The molecule has 0 amide bonds. The van der Waals surface area contributed by atoms with Gasteiger partial charge in [0.25, 0.3) is 0 Å². The summed E-state index contributed by atoms with van der Waals surface area (Å²) in [5.41, 5.74) is 0. The molecule has 0 radical (unpaired) electrons. The Morgan fingerprint density at radius 2 is 0.400 bits per heavy atom. The third kappa shape index (κ3) is 0.777. The van der Waals surface area contributed by atoms with Gasteiger partial charge in [0, 0.05) is 0 Å². The molecule has 0 saturated carbocycles. The zero-order chi connectivity index (χ0) is 16.0. The van der Waals surface area contributed by atoms with E-state index < -0.39 is 49.7 Å². The maximum atomic E-state index is 12.7. The molecule has 0 aliphatic carbocycles. The molecule has 4 aliphatic heterocycles. The quantitative estimate of drug-likeness (QED) is 0.442. The Morgan fingerprint density at radius 1 is 0.300 bits per heavy atom. The summed E-state index contributed by atoms with van der Waals surface area (Å²) >= 11 is 0. The molecule has 4 heterocycles. The van der Waals surface area contributed by atoms with Crippen molar-refractivity contribution in [2.24, 2.45) is 0 Å². The Bertz CT molecular complexity index is 391. The summed E-state index contributed by atoms with van der Waals surface area (Å²) in [6.07, 6.45) is 0. The fraction of sp³-hybridized carbons (Fsp3) is 1.00. The fourth-order valence-corrected chi connectivity index (χ4v) is 261. The zero-order valence-electron chi connectivity index (χ0n) is 8.54. The number of alkyl halides is 12. The first-order valence-corrected chi connectivity index (χ1v) is 18.8. The van der Waals surface area contributed by atoms with E-state index in [2.05, 4.69) is 0 Å². The Morgan fingerprint density at radius 3 is 0.450 bits per heavy atom. The second-order valence-electron chi connectivity index (χ2n) is 4.99. The van der Waals surface area contributed by atoms with E-state index in [0.717, 1.165) is 0 Å². The predicted molar refractivity (Wildman–Crippen MR) is 47.2 cm³/mol. The minimum Gasteiger partial charge on any atom is -0.178 e. The second kappa shape index (κ2) is 2.68. The molecular formula is C4F12Si4. The van der Waals surface area contributed by atoms with Crippen LogP contribution in [0.2, 0.25) is 0 Å². The van der Waals surface area contributed by atoms with Crippen molar-refractivity contribution in [1.82, 2.24) is 0 Å². The largest absolute Gasteiger partial charge is 0.354 e. The topological polar surface area (TPSA) is 0 Å². The lowest BCUT2D eigenvalue weighted by Gasteiger charge is -2.05. The Balaban J connectivity index is 2.26. The van der Waals surface area contributed by atoms with E-state index in [4.69, 9.17) is 0 Å². The van der Waals surface area contributed by atoms with Gasteiger partial charge in [0.15, 0.2) is 26.5 Å². The van der Waals surface area contributed by atoms with Gasteiger partial charge in [-0.1, -0.05) is 0 Å². The third-order valence-corrected chi connectivity index (χ3v) is 133. The molecule has 4 fully saturated rings. The minimum absolute atomic E-state index is 5.92. The average molecular weight is 388 g/mol. The van der Waals surface area contributed by atoms with Crippen molar-refractivity contribution < 1.29 is 52.7 Å². The van der Waals surface area contributed by atoms with Crippen LogP contribution in [0.3, 0.4) is 0 Å². The van der Waals surface area contributed by atoms with E-state index in [1.54, 1.807) is 0 Å². The smallest absolute Gasteiger partial charge is 0.178 e. The van der Waals surface area contributed by atoms with Gasteiger partial charge in [0.2, 0.25) is 0 Å². The summed E-state index contributed by atoms with van der Waals surface area (Å²) in [4.78, 5) is 0.